The van der Waals surface area contributed by atoms with Gasteiger partial charge in [-0.05, 0) is 56.5 Å². The number of carbonyl (C=O) groups excluding carboxylic acids is 1. The van der Waals surface area contributed by atoms with Crippen molar-refractivity contribution in [2.75, 3.05) is 31.1 Å². The van der Waals surface area contributed by atoms with Gasteiger partial charge in [-0.3, -0.25) is 9.69 Å². The Labute approximate surface area is 193 Å². The number of hydrogen-bond acceptors (Lipinski definition) is 4. The van der Waals surface area contributed by atoms with E-state index in [1.54, 1.807) is 0 Å². The lowest BCUT2D eigenvalue weighted by molar-refractivity contribution is -0.128. The fourth-order valence-corrected chi connectivity index (χ4v) is 4.50. The van der Waals surface area contributed by atoms with E-state index in [-0.39, 0.29) is 12.0 Å². The zero-order chi connectivity index (χ0) is 23.0. The van der Waals surface area contributed by atoms with E-state index in [4.69, 9.17) is 4.74 Å². The SMILES string of the molecule is CCCCC[C@]1(O)CCN(CC(=O)N(CC)c2cccc(C)c2)C[C@@H]1Oc1ccccc1. The van der Waals surface area contributed by atoms with E-state index in [2.05, 4.69) is 11.8 Å². The van der Waals surface area contributed by atoms with Gasteiger partial charge in [-0.1, -0.05) is 56.5 Å². The summed E-state index contributed by atoms with van der Waals surface area (Å²) in [5.74, 6) is 0.836. The molecular formula is C27H38N2O3. The van der Waals surface area contributed by atoms with Gasteiger partial charge in [-0.15, -0.1) is 0 Å². The molecule has 174 valence electrons. The van der Waals surface area contributed by atoms with Crippen LogP contribution in [0.25, 0.3) is 0 Å². The Balaban J connectivity index is 1.70. The molecule has 5 nitrogen and oxygen atoms in total. The average Bonchev–Trinajstić information content (AvgIpc) is 2.78. The van der Waals surface area contributed by atoms with Gasteiger partial charge in [0.15, 0.2) is 0 Å². The number of piperidine rings is 1. The molecule has 1 N–H and O–H groups in total. The van der Waals surface area contributed by atoms with Crippen molar-refractivity contribution >= 4 is 11.6 Å². The normalized spacial score (nSPS) is 21.3. The van der Waals surface area contributed by atoms with E-state index in [9.17, 15) is 9.90 Å². The number of anilines is 1. The lowest BCUT2D eigenvalue weighted by atomic mass is 9.83. The van der Waals surface area contributed by atoms with E-state index >= 15 is 0 Å². The molecule has 0 spiro atoms. The number of ether oxygens (including phenoxy) is 1. The lowest BCUT2D eigenvalue weighted by Gasteiger charge is -2.44. The van der Waals surface area contributed by atoms with Gasteiger partial charge in [-0.2, -0.15) is 0 Å². The third kappa shape index (κ3) is 6.33. The Hall–Kier alpha value is -2.37. The van der Waals surface area contributed by atoms with Crippen LogP contribution < -0.4 is 9.64 Å². The van der Waals surface area contributed by atoms with Crippen LogP contribution in [0.2, 0.25) is 0 Å². The number of likely N-dealkylation sites (tertiary alicyclic amines) is 1. The molecule has 1 aliphatic heterocycles. The molecule has 1 amide bonds. The monoisotopic (exact) mass is 438 g/mol. The van der Waals surface area contributed by atoms with Crippen LogP contribution in [-0.4, -0.2) is 53.8 Å². The second kappa shape index (κ2) is 11.5. The van der Waals surface area contributed by atoms with Crippen molar-refractivity contribution in [3.05, 3.63) is 60.2 Å². The van der Waals surface area contributed by atoms with Gasteiger partial charge in [0.25, 0.3) is 0 Å². The Bertz CT molecular complexity index is 857. The van der Waals surface area contributed by atoms with Crippen LogP contribution in [0.5, 0.6) is 5.75 Å². The summed E-state index contributed by atoms with van der Waals surface area (Å²) >= 11 is 0. The molecule has 32 heavy (non-hydrogen) atoms. The number of para-hydroxylation sites is 1. The number of aliphatic hydroxyl groups is 1. The fraction of sp³-hybridized carbons (Fsp3) is 0.519. The number of likely N-dealkylation sites (N-methyl/N-ethyl adjacent to an activating group) is 1. The summed E-state index contributed by atoms with van der Waals surface area (Å²) in [6, 6.07) is 17.7. The highest BCUT2D eigenvalue weighted by atomic mass is 16.5. The van der Waals surface area contributed by atoms with Crippen LogP contribution in [0.3, 0.4) is 0 Å². The standard InChI is InChI=1S/C27H38N2O3/c1-4-6-10-16-27(31)17-18-28(20-25(27)32-24-14-8-7-9-15-24)21-26(30)29(5-2)23-13-11-12-22(3)19-23/h7-9,11-15,19,25,31H,4-6,10,16-18,20-21H2,1-3H3/t25-,27-/m0/s1. The van der Waals surface area contributed by atoms with Crippen LogP contribution >= 0.6 is 0 Å². The number of hydrogen-bond donors (Lipinski definition) is 1. The van der Waals surface area contributed by atoms with E-state index < -0.39 is 5.60 Å². The first-order chi connectivity index (χ1) is 15.4. The van der Waals surface area contributed by atoms with Crippen LogP contribution in [0, 0.1) is 6.92 Å². The molecule has 3 rings (SSSR count). The van der Waals surface area contributed by atoms with Crippen molar-refractivity contribution in [1.82, 2.24) is 4.90 Å². The number of rotatable bonds is 10. The van der Waals surface area contributed by atoms with Crippen molar-refractivity contribution < 1.29 is 14.6 Å². The minimum Gasteiger partial charge on any atom is -0.486 e. The van der Waals surface area contributed by atoms with Gasteiger partial charge in [0.05, 0.1) is 6.54 Å². The van der Waals surface area contributed by atoms with Crippen molar-refractivity contribution in [3.63, 3.8) is 0 Å². The maximum atomic E-state index is 13.2. The number of amides is 1. The molecule has 1 saturated heterocycles. The number of nitrogens with zero attached hydrogens (tertiary/aromatic N) is 2. The summed E-state index contributed by atoms with van der Waals surface area (Å²) in [7, 11) is 0. The highest BCUT2D eigenvalue weighted by Gasteiger charge is 2.43. The molecule has 2 aromatic carbocycles. The Kier molecular flexibility index (Phi) is 8.71. The van der Waals surface area contributed by atoms with E-state index in [1.165, 1.54) is 0 Å². The summed E-state index contributed by atoms with van der Waals surface area (Å²) in [5.41, 5.74) is 1.20. The summed E-state index contributed by atoms with van der Waals surface area (Å²) in [6.45, 7) is 8.39. The number of aryl methyl sites for hydroxylation is 1. The second-order valence-electron chi connectivity index (χ2n) is 8.94. The first kappa shape index (κ1) is 24.3. The quantitative estimate of drug-likeness (QED) is 0.541. The molecule has 1 heterocycles. The van der Waals surface area contributed by atoms with Gasteiger partial charge in [0.1, 0.15) is 17.5 Å². The predicted molar refractivity (Wildman–Crippen MR) is 130 cm³/mol. The van der Waals surface area contributed by atoms with Gasteiger partial charge >= 0.3 is 0 Å². The topological polar surface area (TPSA) is 53.0 Å². The van der Waals surface area contributed by atoms with Crippen LogP contribution in [0.15, 0.2) is 54.6 Å². The molecule has 0 bridgehead atoms. The molecule has 2 atom stereocenters. The Morgan fingerprint density at radius 2 is 1.94 bits per heavy atom. The van der Waals surface area contributed by atoms with Crippen LogP contribution in [0.1, 0.15) is 51.5 Å². The minimum absolute atomic E-state index is 0.0768. The fourth-order valence-electron chi connectivity index (χ4n) is 4.50. The highest BCUT2D eigenvalue weighted by molar-refractivity contribution is 5.94. The van der Waals surface area contributed by atoms with Gasteiger partial charge in [-0.25, -0.2) is 0 Å². The molecule has 2 aromatic rings. The zero-order valence-corrected chi connectivity index (χ0v) is 19.8. The molecule has 0 aromatic heterocycles. The maximum Gasteiger partial charge on any atom is 0.241 e. The smallest absolute Gasteiger partial charge is 0.241 e. The molecule has 1 aliphatic rings. The van der Waals surface area contributed by atoms with E-state index in [0.717, 1.165) is 42.7 Å². The lowest BCUT2D eigenvalue weighted by Crippen LogP contribution is -2.59. The first-order valence-electron chi connectivity index (χ1n) is 12.0. The summed E-state index contributed by atoms with van der Waals surface area (Å²) in [4.78, 5) is 17.1. The highest BCUT2D eigenvalue weighted by Crippen LogP contribution is 2.31. The predicted octanol–water partition coefficient (Wildman–Crippen LogP) is 4.81. The van der Waals surface area contributed by atoms with Gasteiger partial charge in [0.2, 0.25) is 5.91 Å². The Morgan fingerprint density at radius 1 is 1.16 bits per heavy atom. The molecule has 0 aliphatic carbocycles. The first-order valence-corrected chi connectivity index (χ1v) is 12.0. The molecule has 1 fully saturated rings. The van der Waals surface area contributed by atoms with E-state index in [1.807, 2.05) is 73.3 Å². The van der Waals surface area contributed by atoms with Crippen LogP contribution in [0.4, 0.5) is 5.69 Å². The van der Waals surface area contributed by atoms with Crippen molar-refractivity contribution in [2.24, 2.45) is 0 Å². The van der Waals surface area contributed by atoms with Crippen LogP contribution in [-0.2, 0) is 4.79 Å². The molecule has 5 heteroatoms. The maximum absolute atomic E-state index is 13.2. The molecule has 0 unspecified atom stereocenters. The Morgan fingerprint density at radius 3 is 2.62 bits per heavy atom. The molecule has 0 radical (unpaired) electrons. The molecular weight excluding hydrogens is 400 g/mol. The van der Waals surface area contributed by atoms with E-state index in [0.29, 0.717) is 32.6 Å². The second-order valence-corrected chi connectivity index (χ2v) is 8.94. The zero-order valence-electron chi connectivity index (χ0n) is 19.8. The average molecular weight is 439 g/mol. The summed E-state index contributed by atoms with van der Waals surface area (Å²) < 4.78 is 6.28. The minimum atomic E-state index is -0.869. The van der Waals surface area contributed by atoms with Crippen molar-refractivity contribution in [3.8, 4) is 5.75 Å². The number of benzene rings is 2. The summed E-state index contributed by atoms with van der Waals surface area (Å²) in [5, 5.41) is 11.5. The number of carbonyl (C=O) groups is 1. The van der Waals surface area contributed by atoms with Crippen molar-refractivity contribution in [2.45, 2.75) is 64.6 Å². The van der Waals surface area contributed by atoms with Crippen molar-refractivity contribution in [1.29, 1.82) is 0 Å². The number of unbranched alkanes of at least 4 members (excludes halogenated alkanes) is 2. The van der Waals surface area contributed by atoms with Gasteiger partial charge in [0, 0.05) is 25.3 Å². The third-order valence-electron chi connectivity index (χ3n) is 6.41. The third-order valence-corrected chi connectivity index (χ3v) is 6.41. The largest absolute Gasteiger partial charge is 0.486 e. The summed E-state index contributed by atoms with van der Waals surface area (Å²) in [6.07, 6.45) is 4.18. The molecule has 0 saturated carbocycles. The van der Waals surface area contributed by atoms with Gasteiger partial charge < -0.3 is 14.7 Å².